The maximum Gasteiger partial charge on any atom is 0.162 e. The van der Waals surface area contributed by atoms with Gasteiger partial charge in [-0.3, -0.25) is 9.59 Å². The van der Waals surface area contributed by atoms with Gasteiger partial charge in [0, 0.05) is 11.1 Å². The Kier molecular flexibility index (Phi) is 8.45. The van der Waals surface area contributed by atoms with Crippen LogP contribution in [0.25, 0.3) is 0 Å². The summed E-state index contributed by atoms with van der Waals surface area (Å²) in [6.45, 7) is 4.02. The van der Waals surface area contributed by atoms with Gasteiger partial charge in [0.05, 0.1) is 14.2 Å². The number of aldehydes is 2. The first-order chi connectivity index (χ1) is 11.6. The minimum atomic E-state index is 0.247. The third kappa shape index (κ3) is 6.39. The quantitative estimate of drug-likeness (QED) is 0.204. The number of hydrogen-bond acceptors (Lipinski definition) is 6. The van der Waals surface area contributed by atoms with Gasteiger partial charge in [0.2, 0.25) is 0 Å². The first kappa shape index (κ1) is 19.0. The van der Waals surface area contributed by atoms with Gasteiger partial charge in [-0.25, -0.2) is 0 Å². The second-order valence-electron chi connectivity index (χ2n) is 4.50. The van der Waals surface area contributed by atoms with E-state index in [1.165, 1.54) is 26.6 Å². The molecule has 0 atom stereocenters. The van der Waals surface area contributed by atoms with Crippen molar-refractivity contribution in [3.05, 3.63) is 60.1 Å². The minimum absolute atomic E-state index is 0.247. The summed E-state index contributed by atoms with van der Waals surface area (Å²) < 4.78 is 21.1. The van der Waals surface area contributed by atoms with E-state index in [0.717, 1.165) is 6.29 Å². The number of benzene rings is 1. The Morgan fingerprint density at radius 3 is 2.54 bits per heavy atom. The third-order valence-corrected chi connectivity index (χ3v) is 2.83. The van der Waals surface area contributed by atoms with E-state index in [1.807, 2.05) is 0 Å². The molecule has 0 spiro atoms. The van der Waals surface area contributed by atoms with Crippen LogP contribution in [-0.2, 0) is 14.3 Å². The second-order valence-corrected chi connectivity index (χ2v) is 4.50. The van der Waals surface area contributed by atoms with Crippen molar-refractivity contribution in [3.8, 4) is 11.5 Å². The molecule has 1 aromatic carbocycles. The lowest BCUT2D eigenvalue weighted by Gasteiger charge is -2.11. The normalized spacial score (nSPS) is 11.0. The fourth-order valence-electron chi connectivity index (χ4n) is 1.60. The van der Waals surface area contributed by atoms with E-state index < -0.39 is 0 Å². The third-order valence-electron chi connectivity index (χ3n) is 2.83. The number of carbonyl (C=O) groups excluding carboxylic acids is 2. The van der Waals surface area contributed by atoms with Crippen molar-refractivity contribution in [2.45, 2.75) is 0 Å². The molecule has 24 heavy (non-hydrogen) atoms. The van der Waals surface area contributed by atoms with Crippen molar-refractivity contribution in [2.75, 3.05) is 27.4 Å². The van der Waals surface area contributed by atoms with Crippen LogP contribution >= 0.6 is 0 Å². The molecular weight excluding hydrogens is 312 g/mol. The van der Waals surface area contributed by atoms with E-state index in [0.29, 0.717) is 34.7 Å². The van der Waals surface area contributed by atoms with Crippen molar-refractivity contribution in [2.24, 2.45) is 0 Å². The van der Waals surface area contributed by atoms with Gasteiger partial charge >= 0.3 is 0 Å². The number of allylic oxidation sites excluding steroid dienone is 3. The Bertz CT molecular complexity index is 630. The zero-order valence-electron chi connectivity index (χ0n) is 13.7. The van der Waals surface area contributed by atoms with E-state index in [-0.39, 0.29) is 13.2 Å². The highest BCUT2D eigenvalue weighted by Gasteiger charge is 2.05. The van der Waals surface area contributed by atoms with Gasteiger partial charge in [0.15, 0.2) is 17.3 Å². The number of carbonyl (C=O) groups is 2. The zero-order valence-corrected chi connectivity index (χ0v) is 13.7. The molecule has 1 aromatic rings. The fraction of sp³-hybridized carbons (Fsp3) is 0.222. The zero-order chi connectivity index (χ0) is 17.8. The van der Waals surface area contributed by atoms with Crippen LogP contribution in [0.15, 0.2) is 54.5 Å². The molecule has 0 saturated carbocycles. The molecule has 0 amide bonds. The van der Waals surface area contributed by atoms with E-state index in [4.69, 9.17) is 18.9 Å². The molecule has 0 radical (unpaired) electrons. The van der Waals surface area contributed by atoms with Crippen LogP contribution in [0.2, 0.25) is 0 Å². The van der Waals surface area contributed by atoms with E-state index >= 15 is 0 Å². The molecule has 0 N–H and O–H groups in total. The topological polar surface area (TPSA) is 71.1 Å². The van der Waals surface area contributed by atoms with Gasteiger partial charge in [-0.1, -0.05) is 6.58 Å². The average molecular weight is 332 g/mol. The van der Waals surface area contributed by atoms with Crippen LogP contribution in [0.1, 0.15) is 10.4 Å². The molecular formula is C18H20O6. The maximum atomic E-state index is 10.8. The highest BCUT2D eigenvalue weighted by molar-refractivity contribution is 5.76. The number of methoxy groups -OCH3 is 2. The van der Waals surface area contributed by atoms with Crippen LogP contribution in [0, 0.1) is 0 Å². The highest BCUT2D eigenvalue weighted by Crippen LogP contribution is 2.27. The van der Waals surface area contributed by atoms with Crippen molar-refractivity contribution in [1.29, 1.82) is 0 Å². The second kappa shape index (κ2) is 10.7. The van der Waals surface area contributed by atoms with E-state index in [2.05, 4.69) is 6.58 Å². The maximum absolute atomic E-state index is 10.8. The Balaban J connectivity index is 2.51. The summed E-state index contributed by atoms with van der Waals surface area (Å²) in [5.41, 5.74) is 0.817. The smallest absolute Gasteiger partial charge is 0.162 e. The summed E-state index contributed by atoms with van der Waals surface area (Å²) in [4.78, 5) is 21.2. The molecule has 0 saturated heterocycles. The van der Waals surface area contributed by atoms with Crippen molar-refractivity contribution >= 4 is 12.6 Å². The Morgan fingerprint density at radius 2 is 1.92 bits per heavy atom. The van der Waals surface area contributed by atoms with Gasteiger partial charge < -0.3 is 18.9 Å². The lowest BCUT2D eigenvalue weighted by molar-refractivity contribution is -0.104. The van der Waals surface area contributed by atoms with Gasteiger partial charge in [-0.15, -0.1) is 0 Å². The number of hydrogen-bond donors (Lipinski definition) is 0. The minimum Gasteiger partial charge on any atom is -0.494 e. The first-order valence-corrected chi connectivity index (χ1v) is 7.08. The standard InChI is InChI=1S/C18H20O6/c1-14(11-19)4-6-16(21-2)13-23-8-9-24-18-10-15(12-20)5-7-17(18)22-3/h4-7,10-13H,1,8-9H2,2-3H3/b6-4-,16-13-. The average Bonchev–Trinajstić information content (AvgIpc) is 2.63. The molecule has 6 nitrogen and oxygen atoms in total. The van der Waals surface area contributed by atoms with Crippen molar-refractivity contribution in [1.82, 2.24) is 0 Å². The summed E-state index contributed by atoms with van der Waals surface area (Å²) in [7, 11) is 3.00. The molecule has 0 aromatic heterocycles. The van der Waals surface area contributed by atoms with Crippen LogP contribution in [0.5, 0.6) is 11.5 Å². The monoisotopic (exact) mass is 332 g/mol. The van der Waals surface area contributed by atoms with Crippen molar-refractivity contribution in [3.63, 3.8) is 0 Å². The Labute approximate surface area is 141 Å². The molecule has 0 heterocycles. The van der Waals surface area contributed by atoms with Gasteiger partial charge in [-0.2, -0.15) is 0 Å². The van der Waals surface area contributed by atoms with Gasteiger partial charge in [0.25, 0.3) is 0 Å². The Morgan fingerprint density at radius 1 is 1.12 bits per heavy atom. The SMILES string of the molecule is C=C(C=O)/C=C\C(=C\OCCOc1cc(C=O)ccc1OC)OC. The fourth-order valence-corrected chi connectivity index (χ4v) is 1.60. The lowest BCUT2D eigenvalue weighted by Crippen LogP contribution is -2.06. The number of rotatable bonds is 11. The first-order valence-electron chi connectivity index (χ1n) is 7.08. The summed E-state index contributed by atoms with van der Waals surface area (Å²) >= 11 is 0. The largest absolute Gasteiger partial charge is 0.494 e. The molecule has 0 aliphatic heterocycles. The van der Waals surface area contributed by atoms with Crippen LogP contribution in [-0.4, -0.2) is 40.0 Å². The van der Waals surface area contributed by atoms with Crippen LogP contribution in [0.4, 0.5) is 0 Å². The van der Waals surface area contributed by atoms with E-state index in [9.17, 15) is 9.59 Å². The summed E-state index contributed by atoms with van der Waals surface area (Å²) in [5, 5.41) is 0. The summed E-state index contributed by atoms with van der Waals surface area (Å²) in [5.74, 6) is 1.42. The molecule has 1 rings (SSSR count). The predicted octanol–water partition coefficient (Wildman–Crippen LogP) is 2.70. The molecule has 0 aliphatic rings. The molecule has 6 heteroatoms. The van der Waals surface area contributed by atoms with Crippen molar-refractivity contribution < 1.29 is 28.5 Å². The van der Waals surface area contributed by atoms with Gasteiger partial charge in [-0.05, 0) is 30.4 Å². The van der Waals surface area contributed by atoms with Crippen LogP contribution in [0.3, 0.4) is 0 Å². The molecule has 128 valence electrons. The Hall–Kier alpha value is -3.02. The highest BCUT2D eigenvalue weighted by atomic mass is 16.5. The molecule has 0 fully saturated rings. The summed E-state index contributed by atoms with van der Waals surface area (Å²) in [6, 6.07) is 4.89. The molecule has 0 bridgehead atoms. The number of ether oxygens (including phenoxy) is 4. The molecule has 0 unspecified atom stereocenters. The van der Waals surface area contributed by atoms with Crippen LogP contribution < -0.4 is 9.47 Å². The summed E-state index contributed by atoms with van der Waals surface area (Å²) in [6.07, 6.45) is 5.85. The molecule has 0 aliphatic carbocycles. The predicted molar refractivity (Wildman–Crippen MR) is 89.3 cm³/mol. The lowest BCUT2D eigenvalue weighted by atomic mass is 10.2. The van der Waals surface area contributed by atoms with Gasteiger partial charge in [0.1, 0.15) is 32.0 Å². The van der Waals surface area contributed by atoms with E-state index in [1.54, 1.807) is 24.3 Å².